The predicted octanol–water partition coefficient (Wildman–Crippen LogP) is 2.25. The zero-order chi connectivity index (χ0) is 23.9. The van der Waals surface area contributed by atoms with Crippen molar-refractivity contribution < 1.29 is 18.0 Å². The van der Waals surface area contributed by atoms with Gasteiger partial charge in [-0.15, -0.1) is 0 Å². The first-order valence-electron chi connectivity index (χ1n) is 11.5. The number of sulfonamides is 1. The Morgan fingerprint density at radius 3 is 2.71 bits per heavy atom. The van der Waals surface area contributed by atoms with Gasteiger partial charge < -0.3 is 15.2 Å². The van der Waals surface area contributed by atoms with E-state index in [4.69, 9.17) is 0 Å². The van der Waals surface area contributed by atoms with Crippen molar-refractivity contribution in [3.63, 3.8) is 0 Å². The van der Waals surface area contributed by atoms with E-state index in [9.17, 15) is 18.0 Å². The van der Waals surface area contributed by atoms with Crippen LogP contribution in [0.3, 0.4) is 0 Å². The van der Waals surface area contributed by atoms with E-state index in [0.717, 1.165) is 35.0 Å². The lowest BCUT2D eigenvalue weighted by Crippen LogP contribution is -2.43. The highest BCUT2D eigenvalue weighted by atomic mass is 32.2. The second-order valence-electron chi connectivity index (χ2n) is 8.86. The summed E-state index contributed by atoms with van der Waals surface area (Å²) in [7, 11) is -3.54. The number of amides is 2. The molecule has 2 amide bonds. The van der Waals surface area contributed by atoms with Gasteiger partial charge in [0.1, 0.15) is 12.4 Å². The number of hydrogen-bond acceptors (Lipinski definition) is 5. The Labute approximate surface area is 198 Å². The lowest BCUT2D eigenvalue weighted by atomic mass is 10.0. The largest absolute Gasteiger partial charge is 0.347 e. The summed E-state index contributed by atoms with van der Waals surface area (Å²) >= 11 is 0. The normalized spacial score (nSPS) is 16.7. The fourth-order valence-electron chi connectivity index (χ4n) is 4.59. The van der Waals surface area contributed by atoms with Crippen molar-refractivity contribution >= 4 is 38.6 Å². The third-order valence-corrected chi connectivity index (χ3v) is 8.29. The molecular weight excluding hydrogens is 454 g/mol. The van der Waals surface area contributed by atoms with E-state index in [1.807, 2.05) is 25.1 Å². The van der Waals surface area contributed by atoms with Crippen molar-refractivity contribution in [2.24, 2.45) is 0 Å². The van der Waals surface area contributed by atoms with E-state index in [1.165, 1.54) is 15.3 Å². The summed E-state index contributed by atoms with van der Waals surface area (Å²) in [6.45, 7) is 3.15. The number of rotatable bonds is 6. The summed E-state index contributed by atoms with van der Waals surface area (Å²) in [5.74, 6) is 0.166. The molecule has 0 aliphatic carbocycles. The molecule has 34 heavy (non-hydrogen) atoms. The summed E-state index contributed by atoms with van der Waals surface area (Å²) in [5, 5.41) is 2.82. The van der Waals surface area contributed by atoms with Crippen molar-refractivity contribution in [1.82, 2.24) is 19.6 Å². The molecule has 178 valence electrons. The molecule has 2 aliphatic rings. The molecule has 0 radical (unpaired) electrons. The van der Waals surface area contributed by atoms with Gasteiger partial charge in [-0.2, -0.15) is 4.31 Å². The van der Waals surface area contributed by atoms with Crippen LogP contribution in [-0.4, -0.2) is 54.1 Å². The molecule has 1 fully saturated rings. The minimum atomic E-state index is -3.54. The van der Waals surface area contributed by atoms with E-state index >= 15 is 0 Å². The molecule has 0 spiro atoms. The molecule has 0 atom stereocenters. The third kappa shape index (κ3) is 4.30. The Kier molecular flexibility index (Phi) is 5.86. The van der Waals surface area contributed by atoms with Gasteiger partial charge in [-0.3, -0.25) is 9.59 Å². The van der Waals surface area contributed by atoms with Gasteiger partial charge in [0.05, 0.1) is 22.5 Å². The molecule has 0 unspecified atom stereocenters. The first-order chi connectivity index (χ1) is 16.3. The molecule has 9 nitrogen and oxygen atoms in total. The lowest BCUT2D eigenvalue weighted by Gasteiger charge is -2.29. The van der Waals surface area contributed by atoms with Crippen LogP contribution in [0.25, 0.3) is 11.0 Å². The van der Waals surface area contributed by atoms with Crippen LogP contribution in [0.5, 0.6) is 0 Å². The molecule has 0 bridgehead atoms. The summed E-state index contributed by atoms with van der Waals surface area (Å²) < 4.78 is 27.3. The highest BCUT2D eigenvalue weighted by Crippen LogP contribution is 2.31. The maximum atomic E-state index is 12.9. The van der Waals surface area contributed by atoms with E-state index in [0.29, 0.717) is 31.0 Å². The van der Waals surface area contributed by atoms with E-state index in [2.05, 4.69) is 15.3 Å². The number of imidazole rings is 1. The minimum Gasteiger partial charge on any atom is -0.347 e. The van der Waals surface area contributed by atoms with Crippen LogP contribution in [0.15, 0.2) is 41.3 Å². The molecule has 1 aromatic heterocycles. The number of aromatic nitrogens is 2. The highest BCUT2D eigenvalue weighted by Gasteiger charge is 2.31. The van der Waals surface area contributed by atoms with Gasteiger partial charge in [-0.25, -0.2) is 13.4 Å². The highest BCUT2D eigenvalue weighted by molar-refractivity contribution is 7.89. The van der Waals surface area contributed by atoms with Gasteiger partial charge in [0, 0.05) is 25.2 Å². The summed E-state index contributed by atoms with van der Waals surface area (Å²) in [6, 6.07) is 10.7. The number of fused-ring (bicyclic) bond motifs is 2. The quantitative estimate of drug-likeness (QED) is 0.560. The van der Waals surface area contributed by atoms with E-state index < -0.39 is 10.0 Å². The number of carbonyl (C=O) groups excluding carboxylic acids is 2. The van der Waals surface area contributed by atoms with Gasteiger partial charge in [0.25, 0.3) is 0 Å². The number of aromatic amines is 1. The van der Waals surface area contributed by atoms with Crippen LogP contribution in [0.4, 0.5) is 5.69 Å². The average Bonchev–Trinajstić information content (AvgIpc) is 3.49. The summed E-state index contributed by atoms with van der Waals surface area (Å²) in [5.41, 5.74) is 4.20. The van der Waals surface area contributed by atoms with Crippen LogP contribution < -0.4 is 10.2 Å². The summed E-state index contributed by atoms with van der Waals surface area (Å²) in [4.78, 5) is 34.6. The first-order valence-corrected chi connectivity index (χ1v) is 12.9. The number of hydrogen-bond donors (Lipinski definition) is 2. The van der Waals surface area contributed by atoms with Crippen molar-refractivity contribution in [2.75, 3.05) is 24.5 Å². The minimum absolute atomic E-state index is 0.136. The van der Waals surface area contributed by atoms with E-state index in [1.54, 1.807) is 12.1 Å². The fourth-order valence-corrected chi connectivity index (χ4v) is 6.16. The lowest BCUT2D eigenvalue weighted by molar-refractivity contribution is -0.124. The van der Waals surface area contributed by atoms with Crippen molar-refractivity contribution in [3.8, 4) is 0 Å². The average molecular weight is 482 g/mol. The number of nitrogens with zero attached hydrogens (tertiary/aromatic N) is 3. The molecule has 2 N–H and O–H groups in total. The Balaban J connectivity index is 1.29. The van der Waals surface area contributed by atoms with E-state index in [-0.39, 0.29) is 36.2 Å². The van der Waals surface area contributed by atoms with Crippen LogP contribution in [0.1, 0.15) is 36.2 Å². The Bertz CT molecular complexity index is 1380. The molecule has 5 rings (SSSR count). The van der Waals surface area contributed by atoms with Crippen LogP contribution in [0.2, 0.25) is 0 Å². The van der Waals surface area contributed by atoms with Gasteiger partial charge in [0.2, 0.25) is 21.8 Å². The van der Waals surface area contributed by atoms with Crippen molar-refractivity contribution in [1.29, 1.82) is 0 Å². The standard InChI is InChI=1S/C24H27N5O4S/c1-16-4-7-19-20(12-16)27-22(26-19)14-25-23(30)15-29-21-8-6-18(13-17(21)5-9-24(29)31)34(32,33)28-10-2-3-11-28/h4,6-8,12-13H,2-3,5,9-11,14-15H2,1H3,(H,25,30)(H,26,27). The monoisotopic (exact) mass is 481 g/mol. The van der Waals surface area contributed by atoms with Gasteiger partial charge >= 0.3 is 0 Å². The van der Waals surface area contributed by atoms with Crippen LogP contribution in [0, 0.1) is 6.92 Å². The van der Waals surface area contributed by atoms with Gasteiger partial charge in [-0.1, -0.05) is 6.07 Å². The number of anilines is 1. The molecular formula is C24H27N5O4S. The van der Waals surface area contributed by atoms with Gasteiger partial charge in [0.15, 0.2) is 0 Å². The second-order valence-corrected chi connectivity index (χ2v) is 10.8. The Morgan fingerprint density at radius 2 is 1.91 bits per heavy atom. The molecule has 2 aromatic carbocycles. The zero-order valence-electron chi connectivity index (χ0n) is 19.0. The molecule has 10 heteroatoms. The van der Waals surface area contributed by atoms with Crippen LogP contribution in [-0.2, 0) is 32.6 Å². The second kappa shape index (κ2) is 8.84. The fraction of sp³-hybridized carbons (Fsp3) is 0.375. The molecule has 1 saturated heterocycles. The topological polar surface area (TPSA) is 115 Å². The summed E-state index contributed by atoms with van der Waals surface area (Å²) in [6.07, 6.45) is 2.43. The number of nitrogens with one attached hydrogen (secondary N) is 2. The number of aryl methyl sites for hydroxylation is 2. The van der Waals surface area contributed by atoms with Crippen molar-refractivity contribution in [3.05, 3.63) is 53.3 Å². The molecule has 3 heterocycles. The number of carbonyl (C=O) groups is 2. The number of H-pyrrole nitrogens is 1. The molecule has 3 aromatic rings. The molecule has 2 aliphatic heterocycles. The van der Waals surface area contributed by atoms with Gasteiger partial charge in [-0.05, 0) is 67.6 Å². The van der Waals surface area contributed by atoms with Crippen molar-refractivity contribution in [2.45, 2.75) is 44.0 Å². The third-order valence-electron chi connectivity index (χ3n) is 6.39. The first kappa shape index (κ1) is 22.5. The van der Waals surface area contributed by atoms with Crippen LogP contribution >= 0.6 is 0 Å². The Hall–Kier alpha value is -3.24. The maximum Gasteiger partial charge on any atom is 0.243 e. The SMILES string of the molecule is Cc1ccc2nc(CNC(=O)CN3C(=O)CCc4cc(S(=O)(=O)N5CCCC5)ccc43)[nH]c2c1. The smallest absolute Gasteiger partial charge is 0.243 e. The number of benzene rings is 2. The molecule has 0 saturated carbocycles. The zero-order valence-corrected chi connectivity index (χ0v) is 19.8. The maximum absolute atomic E-state index is 12.9. The Morgan fingerprint density at radius 1 is 1.12 bits per heavy atom. The predicted molar refractivity (Wildman–Crippen MR) is 128 cm³/mol.